The van der Waals surface area contributed by atoms with Gasteiger partial charge in [-0.25, -0.2) is 4.98 Å². The SMILES string of the molecule is Cc1cccc(-c2[nH]ncc2C(=O)N2CCCC(c3nccn3C)C2)c1. The van der Waals surface area contributed by atoms with Crippen LogP contribution in [0.5, 0.6) is 0 Å². The Morgan fingerprint density at radius 3 is 3.00 bits per heavy atom. The maximum atomic E-state index is 13.2. The third-order valence-corrected chi connectivity index (χ3v) is 5.11. The lowest BCUT2D eigenvalue weighted by Gasteiger charge is -2.32. The molecule has 4 rings (SSSR count). The molecule has 1 saturated heterocycles. The summed E-state index contributed by atoms with van der Waals surface area (Å²) in [6.45, 7) is 3.52. The highest BCUT2D eigenvalue weighted by Gasteiger charge is 2.29. The van der Waals surface area contributed by atoms with E-state index in [1.165, 1.54) is 0 Å². The van der Waals surface area contributed by atoms with Gasteiger partial charge in [0, 0.05) is 44.0 Å². The van der Waals surface area contributed by atoms with Crippen molar-refractivity contribution in [1.82, 2.24) is 24.6 Å². The van der Waals surface area contributed by atoms with Gasteiger partial charge in [-0.05, 0) is 25.8 Å². The van der Waals surface area contributed by atoms with Crippen LogP contribution in [0.4, 0.5) is 0 Å². The number of amides is 1. The molecule has 0 bridgehead atoms. The van der Waals surface area contributed by atoms with E-state index in [0.717, 1.165) is 42.0 Å². The average Bonchev–Trinajstić information content (AvgIpc) is 3.30. The fraction of sp³-hybridized carbons (Fsp3) is 0.350. The summed E-state index contributed by atoms with van der Waals surface area (Å²) >= 11 is 0. The Hall–Kier alpha value is -2.89. The van der Waals surface area contributed by atoms with Gasteiger partial charge in [0.25, 0.3) is 5.91 Å². The largest absolute Gasteiger partial charge is 0.338 e. The zero-order valence-electron chi connectivity index (χ0n) is 15.1. The Bertz CT molecular complexity index is 926. The van der Waals surface area contributed by atoms with Crippen molar-refractivity contribution in [3.63, 3.8) is 0 Å². The molecule has 1 aromatic carbocycles. The van der Waals surface area contributed by atoms with Crippen LogP contribution in [0.3, 0.4) is 0 Å². The Labute approximate surface area is 152 Å². The Morgan fingerprint density at radius 1 is 1.35 bits per heavy atom. The maximum Gasteiger partial charge on any atom is 0.257 e. The second kappa shape index (κ2) is 6.78. The van der Waals surface area contributed by atoms with E-state index in [9.17, 15) is 4.79 Å². The quantitative estimate of drug-likeness (QED) is 0.790. The van der Waals surface area contributed by atoms with Gasteiger partial charge in [-0.15, -0.1) is 0 Å². The van der Waals surface area contributed by atoms with E-state index in [-0.39, 0.29) is 11.8 Å². The van der Waals surface area contributed by atoms with Crippen molar-refractivity contribution in [2.24, 2.45) is 7.05 Å². The van der Waals surface area contributed by atoms with Crippen LogP contribution in [-0.4, -0.2) is 43.6 Å². The van der Waals surface area contributed by atoms with Crippen LogP contribution in [0.1, 0.15) is 40.5 Å². The van der Waals surface area contributed by atoms with Gasteiger partial charge in [-0.1, -0.05) is 23.8 Å². The molecule has 2 aromatic heterocycles. The summed E-state index contributed by atoms with van der Waals surface area (Å²) in [5.41, 5.74) is 3.57. The number of carbonyl (C=O) groups excluding carboxylic acids is 1. The molecule has 6 heteroatoms. The number of imidazole rings is 1. The lowest BCUT2D eigenvalue weighted by molar-refractivity contribution is 0.0704. The van der Waals surface area contributed by atoms with Crippen molar-refractivity contribution in [1.29, 1.82) is 0 Å². The summed E-state index contributed by atoms with van der Waals surface area (Å²) in [6, 6.07) is 8.11. The Morgan fingerprint density at radius 2 is 2.23 bits per heavy atom. The zero-order chi connectivity index (χ0) is 18.1. The summed E-state index contributed by atoms with van der Waals surface area (Å²) < 4.78 is 2.05. The van der Waals surface area contributed by atoms with Gasteiger partial charge in [-0.2, -0.15) is 5.10 Å². The first-order valence-corrected chi connectivity index (χ1v) is 9.00. The predicted octanol–water partition coefficient (Wildman–Crippen LogP) is 3.14. The molecule has 1 fully saturated rings. The van der Waals surface area contributed by atoms with Crippen LogP contribution >= 0.6 is 0 Å². The molecule has 1 N–H and O–H groups in total. The number of hydrogen-bond donors (Lipinski definition) is 1. The van der Waals surface area contributed by atoms with Crippen LogP contribution in [0, 0.1) is 6.92 Å². The van der Waals surface area contributed by atoms with Gasteiger partial charge in [0.15, 0.2) is 0 Å². The number of nitrogens with zero attached hydrogens (tertiary/aromatic N) is 4. The van der Waals surface area contributed by atoms with Crippen molar-refractivity contribution in [3.8, 4) is 11.3 Å². The minimum atomic E-state index is 0.0363. The molecule has 1 atom stereocenters. The lowest BCUT2D eigenvalue weighted by Crippen LogP contribution is -2.39. The molecule has 0 saturated carbocycles. The topological polar surface area (TPSA) is 66.8 Å². The number of benzene rings is 1. The second-order valence-corrected chi connectivity index (χ2v) is 7.01. The van der Waals surface area contributed by atoms with Crippen molar-refractivity contribution in [2.75, 3.05) is 13.1 Å². The summed E-state index contributed by atoms with van der Waals surface area (Å²) in [5.74, 6) is 1.37. The fourth-order valence-corrected chi connectivity index (χ4v) is 3.78. The molecule has 1 aliphatic heterocycles. The van der Waals surface area contributed by atoms with Crippen LogP contribution in [0.2, 0.25) is 0 Å². The third kappa shape index (κ3) is 3.03. The molecule has 1 aliphatic rings. The van der Waals surface area contributed by atoms with E-state index < -0.39 is 0 Å². The molecule has 0 spiro atoms. The van der Waals surface area contributed by atoms with Crippen LogP contribution in [0.25, 0.3) is 11.3 Å². The first-order chi connectivity index (χ1) is 12.6. The summed E-state index contributed by atoms with van der Waals surface area (Å²) in [7, 11) is 2.01. The maximum absolute atomic E-state index is 13.2. The Kier molecular flexibility index (Phi) is 4.32. The number of rotatable bonds is 3. The minimum absolute atomic E-state index is 0.0363. The first-order valence-electron chi connectivity index (χ1n) is 9.00. The summed E-state index contributed by atoms with van der Waals surface area (Å²) in [5, 5.41) is 7.14. The number of likely N-dealkylation sites (tertiary alicyclic amines) is 1. The van der Waals surface area contributed by atoms with Crippen molar-refractivity contribution < 1.29 is 4.79 Å². The van der Waals surface area contributed by atoms with Crippen molar-refractivity contribution in [3.05, 3.63) is 59.8 Å². The smallest absolute Gasteiger partial charge is 0.257 e. The molecule has 1 unspecified atom stereocenters. The monoisotopic (exact) mass is 349 g/mol. The van der Waals surface area contributed by atoms with Gasteiger partial charge in [0.05, 0.1) is 17.5 Å². The number of piperidine rings is 1. The number of aromatic nitrogens is 4. The zero-order valence-corrected chi connectivity index (χ0v) is 15.1. The number of aryl methyl sites for hydroxylation is 2. The third-order valence-electron chi connectivity index (χ3n) is 5.11. The highest BCUT2D eigenvalue weighted by Crippen LogP contribution is 2.28. The molecule has 3 aromatic rings. The van der Waals surface area contributed by atoms with E-state index in [1.807, 2.05) is 49.5 Å². The van der Waals surface area contributed by atoms with Crippen LogP contribution in [0.15, 0.2) is 42.9 Å². The Balaban J connectivity index is 1.59. The summed E-state index contributed by atoms with van der Waals surface area (Å²) in [6.07, 6.45) is 7.47. The van der Waals surface area contributed by atoms with Crippen molar-refractivity contribution in [2.45, 2.75) is 25.7 Å². The molecule has 3 heterocycles. The molecular weight excluding hydrogens is 326 g/mol. The minimum Gasteiger partial charge on any atom is -0.338 e. The molecule has 0 aliphatic carbocycles. The van der Waals surface area contributed by atoms with Gasteiger partial charge in [0.2, 0.25) is 0 Å². The number of hydrogen-bond acceptors (Lipinski definition) is 3. The predicted molar refractivity (Wildman–Crippen MR) is 99.8 cm³/mol. The van der Waals surface area contributed by atoms with Gasteiger partial charge < -0.3 is 9.47 Å². The second-order valence-electron chi connectivity index (χ2n) is 7.01. The van der Waals surface area contributed by atoms with E-state index in [4.69, 9.17) is 0 Å². The number of H-pyrrole nitrogens is 1. The van der Waals surface area contributed by atoms with Crippen LogP contribution < -0.4 is 0 Å². The van der Waals surface area contributed by atoms with E-state index in [1.54, 1.807) is 6.20 Å². The van der Waals surface area contributed by atoms with Gasteiger partial charge in [0.1, 0.15) is 5.82 Å². The number of carbonyl (C=O) groups is 1. The fourth-order valence-electron chi connectivity index (χ4n) is 3.78. The van der Waals surface area contributed by atoms with Crippen LogP contribution in [-0.2, 0) is 7.05 Å². The van der Waals surface area contributed by atoms with E-state index >= 15 is 0 Å². The van der Waals surface area contributed by atoms with E-state index in [2.05, 4.69) is 25.8 Å². The molecule has 6 nitrogen and oxygen atoms in total. The highest BCUT2D eigenvalue weighted by molar-refractivity contribution is 5.99. The normalized spacial score (nSPS) is 17.5. The van der Waals surface area contributed by atoms with Gasteiger partial charge >= 0.3 is 0 Å². The molecule has 134 valence electrons. The standard InChI is InChI=1S/C20H23N5O/c1-14-5-3-6-15(11-14)18-17(12-22-23-18)20(26)25-9-4-7-16(13-25)19-21-8-10-24(19)2/h3,5-6,8,10-12,16H,4,7,9,13H2,1-2H3,(H,22,23). The first kappa shape index (κ1) is 16.6. The number of nitrogens with one attached hydrogen (secondary N) is 1. The summed E-state index contributed by atoms with van der Waals surface area (Å²) in [4.78, 5) is 19.6. The molecule has 26 heavy (non-hydrogen) atoms. The van der Waals surface area contributed by atoms with E-state index in [0.29, 0.717) is 12.1 Å². The molecule has 0 radical (unpaired) electrons. The highest BCUT2D eigenvalue weighted by atomic mass is 16.2. The number of aromatic amines is 1. The average molecular weight is 349 g/mol. The van der Waals surface area contributed by atoms with Gasteiger partial charge in [-0.3, -0.25) is 9.89 Å². The molecule has 1 amide bonds. The van der Waals surface area contributed by atoms with Crippen molar-refractivity contribution >= 4 is 5.91 Å². The molecular formula is C20H23N5O. The lowest BCUT2D eigenvalue weighted by atomic mass is 9.96.